The lowest BCUT2D eigenvalue weighted by Crippen LogP contribution is -2.30. The van der Waals surface area contributed by atoms with Crippen molar-refractivity contribution in [3.05, 3.63) is 76.8 Å². The number of hydrogen-bond acceptors (Lipinski definition) is 4. The van der Waals surface area contributed by atoms with Crippen molar-refractivity contribution in [3.63, 3.8) is 0 Å². The molecule has 25 heavy (non-hydrogen) atoms. The number of benzene rings is 3. The zero-order valence-electron chi connectivity index (χ0n) is 13.5. The third-order valence-corrected chi connectivity index (χ3v) is 3.73. The molecule has 0 heterocycles. The van der Waals surface area contributed by atoms with E-state index in [2.05, 4.69) is 5.32 Å². The highest BCUT2D eigenvalue weighted by atomic mass is 16.6. The molecule has 0 aliphatic rings. The smallest absolute Gasteiger partial charge is 0.271 e. The van der Waals surface area contributed by atoms with Gasteiger partial charge in [-0.3, -0.25) is 14.9 Å². The van der Waals surface area contributed by atoms with Crippen molar-refractivity contribution in [2.45, 2.75) is 13.0 Å². The summed E-state index contributed by atoms with van der Waals surface area (Å²) in [5.41, 5.74) is 0.272. The summed E-state index contributed by atoms with van der Waals surface area (Å²) >= 11 is 0. The maximum atomic E-state index is 12.3. The first kappa shape index (κ1) is 16.4. The van der Waals surface area contributed by atoms with Crippen LogP contribution < -0.4 is 10.1 Å². The van der Waals surface area contributed by atoms with Crippen molar-refractivity contribution in [2.75, 3.05) is 5.32 Å². The summed E-state index contributed by atoms with van der Waals surface area (Å²) in [5.74, 6) is 0.203. The number of ether oxygens (including phenoxy) is 1. The molecule has 0 aliphatic carbocycles. The van der Waals surface area contributed by atoms with E-state index in [0.717, 1.165) is 10.8 Å². The standard InChI is InChI=1S/C19H16N2O4/c1-13(19(22)20-16-7-4-8-17(12-16)21(23)24)25-18-10-9-14-5-2-3-6-15(14)11-18/h2-13H,1H3,(H,20,22)/t13-/m1/s1. The Morgan fingerprint density at radius 1 is 1.04 bits per heavy atom. The van der Waals surface area contributed by atoms with Gasteiger partial charge in [-0.15, -0.1) is 0 Å². The van der Waals surface area contributed by atoms with Gasteiger partial charge in [-0.1, -0.05) is 36.4 Å². The second kappa shape index (κ2) is 7.00. The van der Waals surface area contributed by atoms with Crippen LogP contribution in [-0.2, 0) is 4.79 Å². The predicted octanol–water partition coefficient (Wildman–Crippen LogP) is 4.15. The molecule has 6 nitrogen and oxygen atoms in total. The zero-order valence-corrected chi connectivity index (χ0v) is 13.5. The molecule has 0 radical (unpaired) electrons. The van der Waals surface area contributed by atoms with Crippen LogP contribution in [0.15, 0.2) is 66.7 Å². The van der Waals surface area contributed by atoms with Crippen LogP contribution >= 0.6 is 0 Å². The van der Waals surface area contributed by atoms with Gasteiger partial charge in [-0.2, -0.15) is 0 Å². The molecule has 1 amide bonds. The number of nitrogens with zero attached hydrogens (tertiary/aromatic N) is 1. The van der Waals surface area contributed by atoms with E-state index in [4.69, 9.17) is 4.74 Å². The quantitative estimate of drug-likeness (QED) is 0.560. The Morgan fingerprint density at radius 3 is 2.56 bits per heavy atom. The van der Waals surface area contributed by atoms with Crippen LogP contribution in [0.25, 0.3) is 10.8 Å². The largest absolute Gasteiger partial charge is 0.481 e. The summed E-state index contributed by atoms with van der Waals surface area (Å²) in [4.78, 5) is 22.5. The molecule has 0 unspecified atom stereocenters. The van der Waals surface area contributed by atoms with Crippen LogP contribution in [0, 0.1) is 10.1 Å². The average Bonchev–Trinajstić information content (AvgIpc) is 2.61. The molecular weight excluding hydrogens is 320 g/mol. The molecule has 3 rings (SSSR count). The fraction of sp³-hybridized carbons (Fsp3) is 0.105. The second-order valence-corrected chi connectivity index (χ2v) is 5.57. The zero-order chi connectivity index (χ0) is 17.8. The van der Waals surface area contributed by atoms with Gasteiger partial charge in [0.05, 0.1) is 4.92 Å². The Kier molecular flexibility index (Phi) is 4.61. The number of nitrogens with one attached hydrogen (secondary N) is 1. The Hall–Kier alpha value is -3.41. The highest BCUT2D eigenvalue weighted by Gasteiger charge is 2.16. The molecule has 1 atom stereocenters. The highest BCUT2D eigenvalue weighted by molar-refractivity contribution is 5.94. The lowest BCUT2D eigenvalue weighted by molar-refractivity contribution is -0.384. The molecule has 6 heteroatoms. The Balaban J connectivity index is 1.69. The van der Waals surface area contributed by atoms with Crippen molar-refractivity contribution in [1.29, 1.82) is 0 Å². The number of carbonyl (C=O) groups is 1. The molecule has 0 fully saturated rings. The van der Waals surface area contributed by atoms with E-state index in [0.29, 0.717) is 11.4 Å². The predicted molar refractivity (Wildman–Crippen MR) is 95.8 cm³/mol. The fourth-order valence-corrected chi connectivity index (χ4v) is 2.44. The summed E-state index contributed by atoms with van der Waals surface area (Å²) in [6, 6.07) is 19.2. The van der Waals surface area contributed by atoms with Gasteiger partial charge < -0.3 is 10.1 Å². The summed E-state index contributed by atoms with van der Waals surface area (Å²) in [7, 11) is 0. The van der Waals surface area contributed by atoms with Gasteiger partial charge >= 0.3 is 0 Å². The molecule has 3 aromatic rings. The van der Waals surface area contributed by atoms with Gasteiger partial charge in [0.1, 0.15) is 5.75 Å². The van der Waals surface area contributed by atoms with Crippen LogP contribution in [0.4, 0.5) is 11.4 Å². The van der Waals surface area contributed by atoms with Crippen molar-refractivity contribution >= 4 is 28.1 Å². The van der Waals surface area contributed by atoms with Crippen LogP contribution in [0.3, 0.4) is 0 Å². The molecule has 0 bridgehead atoms. The lowest BCUT2D eigenvalue weighted by atomic mass is 10.1. The number of nitro groups is 1. The van der Waals surface area contributed by atoms with E-state index in [9.17, 15) is 14.9 Å². The first-order valence-electron chi connectivity index (χ1n) is 7.74. The first-order chi connectivity index (χ1) is 12.0. The van der Waals surface area contributed by atoms with Gasteiger partial charge in [0.25, 0.3) is 11.6 Å². The molecule has 0 aromatic heterocycles. The average molecular weight is 336 g/mol. The Bertz CT molecular complexity index is 939. The van der Waals surface area contributed by atoms with Gasteiger partial charge in [0.15, 0.2) is 6.10 Å². The SMILES string of the molecule is C[C@@H](Oc1ccc2ccccc2c1)C(=O)Nc1cccc([N+](=O)[O-])c1. The molecule has 126 valence electrons. The van der Waals surface area contributed by atoms with Crippen molar-refractivity contribution in [2.24, 2.45) is 0 Å². The number of hydrogen-bond donors (Lipinski definition) is 1. The van der Waals surface area contributed by atoms with Crippen molar-refractivity contribution in [3.8, 4) is 5.75 Å². The molecule has 0 aliphatic heterocycles. The summed E-state index contributed by atoms with van der Waals surface area (Å²) in [5, 5.41) is 15.5. The minimum Gasteiger partial charge on any atom is -0.481 e. The van der Waals surface area contributed by atoms with Crippen LogP contribution in [0.5, 0.6) is 5.75 Å². The van der Waals surface area contributed by atoms with Crippen molar-refractivity contribution in [1.82, 2.24) is 0 Å². The lowest BCUT2D eigenvalue weighted by Gasteiger charge is -2.15. The maximum absolute atomic E-state index is 12.3. The van der Waals surface area contributed by atoms with Gasteiger partial charge in [0.2, 0.25) is 0 Å². The van der Waals surface area contributed by atoms with Crippen LogP contribution in [0.2, 0.25) is 0 Å². The number of rotatable bonds is 5. The van der Waals surface area contributed by atoms with E-state index in [-0.39, 0.29) is 11.6 Å². The minimum atomic E-state index is -0.750. The molecule has 3 aromatic carbocycles. The van der Waals surface area contributed by atoms with E-state index in [1.165, 1.54) is 18.2 Å². The van der Waals surface area contributed by atoms with E-state index in [1.807, 2.05) is 36.4 Å². The number of nitro benzene ring substituents is 1. The van der Waals surface area contributed by atoms with E-state index >= 15 is 0 Å². The normalized spacial score (nSPS) is 11.7. The van der Waals surface area contributed by atoms with Gasteiger partial charge in [-0.05, 0) is 35.9 Å². The number of fused-ring (bicyclic) bond motifs is 1. The fourth-order valence-electron chi connectivity index (χ4n) is 2.44. The Morgan fingerprint density at radius 2 is 1.80 bits per heavy atom. The van der Waals surface area contributed by atoms with E-state index in [1.54, 1.807) is 19.1 Å². The van der Waals surface area contributed by atoms with Crippen LogP contribution in [-0.4, -0.2) is 16.9 Å². The minimum absolute atomic E-state index is 0.0825. The number of anilines is 1. The third-order valence-electron chi connectivity index (χ3n) is 3.73. The van der Waals surface area contributed by atoms with Gasteiger partial charge in [0, 0.05) is 17.8 Å². The van der Waals surface area contributed by atoms with Crippen molar-refractivity contribution < 1.29 is 14.5 Å². The second-order valence-electron chi connectivity index (χ2n) is 5.57. The molecule has 0 spiro atoms. The maximum Gasteiger partial charge on any atom is 0.271 e. The molecule has 0 saturated heterocycles. The first-order valence-corrected chi connectivity index (χ1v) is 7.74. The molecule has 1 N–H and O–H groups in total. The summed E-state index contributed by atoms with van der Waals surface area (Å²) < 4.78 is 5.69. The van der Waals surface area contributed by atoms with E-state index < -0.39 is 11.0 Å². The monoisotopic (exact) mass is 336 g/mol. The molecular formula is C19H16N2O4. The van der Waals surface area contributed by atoms with Gasteiger partial charge in [-0.25, -0.2) is 0 Å². The van der Waals surface area contributed by atoms with Crippen LogP contribution in [0.1, 0.15) is 6.92 Å². The number of amides is 1. The summed E-state index contributed by atoms with van der Waals surface area (Å²) in [6.45, 7) is 1.63. The topological polar surface area (TPSA) is 81.5 Å². The Labute approximate surface area is 144 Å². The third kappa shape index (κ3) is 3.92. The number of non-ortho nitro benzene ring substituents is 1. The summed E-state index contributed by atoms with van der Waals surface area (Å²) in [6.07, 6.45) is -0.750. The molecule has 0 saturated carbocycles. The highest BCUT2D eigenvalue weighted by Crippen LogP contribution is 2.22. The number of carbonyl (C=O) groups excluding carboxylic acids is 1.